The van der Waals surface area contributed by atoms with E-state index in [2.05, 4.69) is 51.4 Å². The summed E-state index contributed by atoms with van der Waals surface area (Å²) >= 11 is 1.68. The van der Waals surface area contributed by atoms with Crippen molar-refractivity contribution in [3.63, 3.8) is 0 Å². The minimum Gasteiger partial charge on any atom is -0.396 e. The Morgan fingerprint density at radius 1 is 1.20 bits per heavy atom. The molecule has 1 aliphatic heterocycles. The van der Waals surface area contributed by atoms with Crippen LogP contribution in [0, 0.1) is 6.92 Å². The SMILES string of the molecule is Cc1ccc(-c2csc3ncnc(N4CCCCC4CCO)c23)cc1. The molecule has 1 aliphatic rings. The summed E-state index contributed by atoms with van der Waals surface area (Å²) < 4.78 is 0. The number of benzene rings is 1. The first-order valence-electron chi connectivity index (χ1n) is 8.94. The van der Waals surface area contributed by atoms with Gasteiger partial charge in [0.1, 0.15) is 17.0 Å². The molecule has 5 heteroatoms. The summed E-state index contributed by atoms with van der Waals surface area (Å²) in [5.74, 6) is 1.03. The van der Waals surface area contributed by atoms with Gasteiger partial charge in [0, 0.05) is 30.1 Å². The predicted molar refractivity (Wildman–Crippen MR) is 104 cm³/mol. The highest BCUT2D eigenvalue weighted by Crippen LogP contribution is 2.39. The monoisotopic (exact) mass is 353 g/mol. The third kappa shape index (κ3) is 3.14. The van der Waals surface area contributed by atoms with Gasteiger partial charge in [-0.3, -0.25) is 0 Å². The van der Waals surface area contributed by atoms with Crippen LogP contribution in [0.2, 0.25) is 0 Å². The van der Waals surface area contributed by atoms with E-state index in [1.54, 1.807) is 17.7 Å². The molecule has 1 atom stereocenters. The molecule has 4 nitrogen and oxygen atoms in total. The van der Waals surface area contributed by atoms with Gasteiger partial charge in [0.25, 0.3) is 0 Å². The smallest absolute Gasteiger partial charge is 0.141 e. The summed E-state index contributed by atoms with van der Waals surface area (Å²) in [6.45, 7) is 3.33. The fourth-order valence-corrected chi connectivity index (χ4v) is 4.66. The number of anilines is 1. The Bertz CT molecular complexity index is 857. The van der Waals surface area contributed by atoms with Crippen LogP contribution in [-0.4, -0.2) is 34.3 Å². The second-order valence-electron chi connectivity index (χ2n) is 6.75. The van der Waals surface area contributed by atoms with E-state index >= 15 is 0 Å². The molecule has 0 spiro atoms. The van der Waals surface area contributed by atoms with Crippen LogP contribution in [0.15, 0.2) is 36.0 Å². The Kier molecular flexibility index (Phi) is 4.68. The van der Waals surface area contributed by atoms with Gasteiger partial charge in [-0.2, -0.15) is 0 Å². The van der Waals surface area contributed by atoms with Crippen molar-refractivity contribution in [2.75, 3.05) is 18.1 Å². The van der Waals surface area contributed by atoms with Crippen molar-refractivity contribution < 1.29 is 5.11 Å². The van der Waals surface area contributed by atoms with Gasteiger partial charge in [-0.1, -0.05) is 29.8 Å². The molecule has 0 aliphatic carbocycles. The maximum Gasteiger partial charge on any atom is 0.141 e. The molecule has 2 aromatic heterocycles. The zero-order chi connectivity index (χ0) is 17.2. The van der Waals surface area contributed by atoms with Crippen LogP contribution < -0.4 is 4.90 Å². The number of nitrogens with zero attached hydrogens (tertiary/aromatic N) is 3. The van der Waals surface area contributed by atoms with E-state index in [-0.39, 0.29) is 6.61 Å². The fraction of sp³-hybridized carbons (Fsp3) is 0.400. The van der Waals surface area contributed by atoms with Crippen molar-refractivity contribution in [1.29, 1.82) is 0 Å². The summed E-state index contributed by atoms with van der Waals surface area (Å²) in [7, 11) is 0. The molecule has 3 aromatic rings. The highest BCUT2D eigenvalue weighted by atomic mass is 32.1. The van der Waals surface area contributed by atoms with Crippen molar-refractivity contribution in [2.45, 2.75) is 38.6 Å². The summed E-state index contributed by atoms with van der Waals surface area (Å²) in [4.78, 5) is 12.6. The van der Waals surface area contributed by atoms with Crippen LogP contribution in [0.3, 0.4) is 0 Å². The van der Waals surface area contributed by atoms with Crippen molar-refractivity contribution in [1.82, 2.24) is 9.97 Å². The second kappa shape index (κ2) is 7.10. The molecule has 0 radical (unpaired) electrons. The maximum absolute atomic E-state index is 9.46. The van der Waals surface area contributed by atoms with E-state index in [1.807, 2.05) is 0 Å². The number of piperidine rings is 1. The van der Waals surface area contributed by atoms with Crippen LogP contribution in [-0.2, 0) is 0 Å². The topological polar surface area (TPSA) is 49.2 Å². The van der Waals surface area contributed by atoms with Crippen LogP contribution >= 0.6 is 11.3 Å². The average molecular weight is 353 g/mol. The third-order valence-electron chi connectivity index (χ3n) is 5.07. The summed E-state index contributed by atoms with van der Waals surface area (Å²) in [5.41, 5.74) is 3.69. The lowest BCUT2D eigenvalue weighted by atomic mass is 9.98. The number of aromatic nitrogens is 2. The Labute approximate surface area is 152 Å². The normalized spacial score (nSPS) is 18.0. The number of aliphatic hydroxyl groups is 1. The van der Waals surface area contributed by atoms with Crippen LogP contribution in [0.4, 0.5) is 5.82 Å². The van der Waals surface area contributed by atoms with Crippen LogP contribution in [0.5, 0.6) is 0 Å². The van der Waals surface area contributed by atoms with Gasteiger partial charge in [0.15, 0.2) is 0 Å². The molecule has 1 aromatic carbocycles. The summed E-state index contributed by atoms with van der Waals surface area (Å²) in [6.07, 6.45) is 6.00. The van der Waals surface area contributed by atoms with Crippen molar-refractivity contribution >= 4 is 27.4 Å². The van der Waals surface area contributed by atoms with E-state index in [9.17, 15) is 5.11 Å². The van der Waals surface area contributed by atoms with Crippen LogP contribution in [0.1, 0.15) is 31.2 Å². The quantitative estimate of drug-likeness (QED) is 0.755. The molecule has 0 bridgehead atoms. The molecular formula is C20H23N3OS. The number of thiophene rings is 1. The molecule has 0 amide bonds. The van der Waals surface area contributed by atoms with E-state index < -0.39 is 0 Å². The Hall–Kier alpha value is -1.98. The van der Waals surface area contributed by atoms with Gasteiger partial charge in [-0.25, -0.2) is 9.97 Å². The van der Waals surface area contributed by atoms with Crippen molar-refractivity contribution in [3.8, 4) is 11.1 Å². The van der Waals surface area contributed by atoms with E-state index in [0.29, 0.717) is 6.04 Å². The van der Waals surface area contributed by atoms with Gasteiger partial charge in [0.05, 0.1) is 5.39 Å². The molecule has 1 unspecified atom stereocenters. The lowest BCUT2D eigenvalue weighted by Gasteiger charge is -2.37. The number of aliphatic hydroxyl groups excluding tert-OH is 1. The minimum absolute atomic E-state index is 0.226. The van der Waals surface area contributed by atoms with Crippen molar-refractivity contribution in [3.05, 3.63) is 41.5 Å². The van der Waals surface area contributed by atoms with Crippen molar-refractivity contribution in [2.24, 2.45) is 0 Å². The number of hydrogen-bond donors (Lipinski definition) is 1. The van der Waals surface area contributed by atoms with Gasteiger partial charge < -0.3 is 10.0 Å². The molecule has 1 N–H and O–H groups in total. The standard InChI is InChI=1S/C20H23N3OS/c1-14-5-7-15(8-6-14)17-12-25-20-18(17)19(21-13-22-20)23-10-3-2-4-16(23)9-11-24/h5-8,12-13,16,24H,2-4,9-11H2,1H3. The number of rotatable bonds is 4. The lowest BCUT2D eigenvalue weighted by molar-refractivity contribution is 0.262. The van der Waals surface area contributed by atoms with E-state index in [1.165, 1.54) is 29.5 Å². The largest absolute Gasteiger partial charge is 0.396 e. The molecule has 4 rings (SSSR count). The first-order valence-corrected chi connectivity index (χ1v) is 9.82. The predicted octanol–water partition coefficient (Wildman–Crippen LogP) is 4.41. The van der Waals surface area contributed by atoms with Gasteiger partial charge in [-0.05, 0) is 38.2 Å². The molecule has 130 valence electrons. The number of fused-ring (bicyclic) bond motifs is 1. The molecule has 0 saturated carbocycles. The number of aryl methyl sites for hydroxylation is 1. The lowest BCUT2D eigenvalue weighted by Crippen LogP contribution is -2.40. The Morgan fingerprint density at radius 2 is 2.04 bits per heavy atom. The molecule has 1 saturated heterocycles. The summed E-state index contributed by atoms with van der Waals surface area (Å²) in [5, 5.41) is 12.8. The Balaban J connectivity index is 1.83. The van der Waals surface area contributed by atoms with Gasteiger partial charge in [-0.15, -0.1) is 11.3 Å². The Morgan fingerprint density at radius 3 is 2.84 bits per heavy atom. The van der Waals surface area contributed by atoms with E-state index in [0.717, 1.165) is 35.4 Å². The molecule has 25 heavy (non-hydrogen) atoms. The number of hydrogen-bond acceptors (Lipinski definition) is 5. The molecule has 1 fully saturated rings. The minimum atomic E-state index is 0.226. The zero-order valence-electron chi connectivity index (χ0n) is 14.5. The highest BCUT2D eigenvalue weighted by Gasteiger charge is 2.26. The van der Waals surface area contributed by atoms with Gasteiger partial charge in [0.2, 0.25) is 0 Å². The third-order valence-corrected chi connectivity index (χ3v) is 5.96. The average Bonchev–Trinajstić information content (AvgIpc) is 3.07. The maximum atomic E-state index is 9.46. The first kappa shape index (κ1) is 16.5. The second-order valence-corrected chi connectivity index (χ2v) is 7.61. The summed E-state index contributed by atoms with van der Waals surface area (Å²) in [6, 6.07) is 9.02. The highest BCUT2D eigenvalue weighted by molar-refractivity contribution is 7.17. The van der Waals surface area contributed by atoms with Gasteiger partial charge >= 0.3 is 0 Å². The fourth-order valence-electron chi connectivity index (χ4n) is 3.75. The zero-order valence-corrected chi connectivity index (χ0v) is 15.3. The molecular weight excluding hydrogens is 330 g/mol. The first-order chi connectivity index (χ1) is 12.3. The van der Waals surface area contributed by atoms with Crippen LogP contribution in [0.25, 0.3) is 21.3 Å². The molecule has 3 heterocycles. The van der Waals surface area contributed by atoms with E-state index in [4.69, 9.17) is 0 Å².